The molecule has 0 aromatic carbocycles. The first-order valence-corrected chi connectivity index (χ1v) is 5.39. The summed E-state index contributed by atoms with van der Waals surface area (Å²) in [5, 5.41) is 10.0. The maximum Gasteiger partial charge on any atom is 0.111 e. The van der Waals surface area contributed by atoms with Gasteiger partial charge in [-0.3, -0.25) is 4.98 Å². The molecule has 4 heteroatoms. The highest BCUT2D eigenvalue weighted by Gasteiger charge is 2.11. The Bertz CT molecular complexity index is 439. The lowest BCUT2D eigenvalue weighted by Crippen LogP contribution is -2.08. The van der Waals surface area contributed by atoms with E-state index in [0.717, 1.165) is 17.9 Å². The van der Waals surface area contributed by atoms with Gasteiger partial charge in [0.2, 0.25) is 0 Å². The topological polar surface area (TPSA) is 50.9 Å². The second-order valence-corrected chi connectivity index (χ2v) is 3.63. The van der Waals surface area contributed by atoms with Crippen LogP contribution in [0.25, 0.3) is 0 Å². The van der Waals surface area contributed by atoms with Gasteiger partial charge in [-0.05, 0) is 24.6 Å². The lowest BCUT2D eigenvalue weighted by molar-refractivity contribution is 0.174. The molecule has 1 atom stereocenters. The molecule has 16 heavy (non-hydrogen) atoms. The van der Waals surface area contributed by atoms with Crippen molar-refractivity contribution in [1.82, 2.24) is 14.5 Å². The van der Waals surface area contributed by atoms with Gasteiger partial charge in [-0.15, -0.1) is 0 Å². The molecule has 1 unspecified atom stereocenters. The number of aliphatic hydroxyl groups is 1. The van der Waals surface area contributed by atoms with E-state index < -0.39 is 6.10 Å². The van der Waals surface area contributed by atoms with Crippen LogP contribution >= 0.6 is 0 Å². The standard InChI is InChI=1S/C12H15N3O/c1-2-15-8-7-14-12(15)9-11(16)10-3-5-13-6-4-10/h3-8,11,16H,2,9H2,1H3. The van der Waals surface area contributed by atoms with Crippen LogP contribution in [-0.2, 0) is 13.0 Å². The molecule has 0 saturated carbocycles. The van der Waals surface area contributed by atoms with Gasteiger partial charge in [0.1, 0.15) is 5.82 Å². The van der Waals surface area contributed by atoms with E-state index in [1.54, 1.807) is 18.6 Å². The third-order valence-corrected chi connectivity index (χ3v) is 2.61. The molecule has 2 aromatic rings. The van der Waals surface area contributed by atoms with Crippen molar-refractivity contribution in [3.63, 3.8) is 0 Å². The number of hydrogen-bond acceptors (Lipinski definition) is 3. The average Bonchev–Trinajstić information content (AvgIpc) is 2.77. The first-order chi connectivity index (χ1) is 7.81. The van der Waals surface area contributed by atoms with E-state index >= 15 is 0 Å². The molecule has 1 N–H and O–H groups in total. The van der Waals surface area contributed by atoms with Gasteiger partial charge in [0, 0.05) is 37.8 Å². The summed E-state index contributed by atoms with van der Waals surface area (Å²) >= 11 is 0. The molecule has 0 bridgehead atoms. The van der Waals surface area contributed by atoms with Crippen molar-refractivity contribution in [2.45, 2.75) is 26.0 Å². The van der Waals surface area contributed by atoms with Crippen molar-refractivity contribution in [2.24, 2.45) is 0 Å². The van der Waals surface area contributed by atoms with Crippen molar-refractivity contribution in [3.05, 3.63) is 48.3 Å². The monoisotopic (exact) mass is 217 g/mol. The smallest absolute Gasteiger partial charge is 0.111 e. The normalized spacial score (nSPS) is 12.6. The summed E-state index contributed by atoms with van der Waals surface area (Å²) in [6.07, 6.45) is 7.07. The minimum absolute atomic E-state index is 0.518. The quantitative estimate of drug-likeness (QED) is 0.845. The van der Waals surface area contributed by atoms with E-state index in [0.29, 0.717) is 6.42 Å². The van der Waals surface area contributed by atoms with Gasteiger partial charge < -0.3 is 9.67 Å². The van der Waals surface area contributed by atoms with E-state index in [-0.39, 0.29) is 0 Å². The molecule has 2 rings (SSSR count). The highest BCUT2D eigenvalue weighted by atomic mass is 16.3. The van der Waals surface area contributed by atoms with Crippen LogP contribution in [0.4, 0.5) is 0 Å². The number of aryl methyl sites for hydroxylation is 1. The fraction of sp³-hybridized carbons (Fsp3) is 0.333. The largest absolute Gasteiger partial charge is 0.388 e. The fourth-order valence-electron chi connectivity index (χ4n) is 1.69. The predicted molar refractivity (Wildman–Crippen MR) is 60.8 cm³/mol. The van der Waals surface area contributed by atoms with Crippen LogP contribution in [0.2, 0.25) is 0 Å². The third kappa shape index (κ3) is 2.28. The number of hydrogen-bond donors (Lipinski definition) is 1. The van der Waals surface area contributed by atoms with Gasteiger partial charge >= 0.3 is 0 Å². The van der Waals surface area contributed by atoms with Gasteiger partial charge in [0.15, 0.2) is 0 Å². The number of aliphatic hydroxyl groups excluding tert-OH is 1. The van der Waals surface area contributed by atoms with Gasteiger partial charge in [0.25, 0.3) is 0 Å². The van der Waals surface area contributed by atoms with E-state index in [1.807, 2.05) is 22.9 Å². The second-order valence-electron chi connectivity index (χ2n) is 3.63. The molecule has 84 valence electrons. The summed E-state index contributed by atoms with van der Waals surface area (Å²) in [5.74, 6) is 0.909. The summed E-state index contributed by atoms with van der Waals surface area (Å²) < 4.78 is 2.03. The number of rotatable bonds is 4. The zero-order valence-corrected chi connectivity index (χ0v) is 9.24. The molecule has 4 nitrogen and oxygen atoms in total. The molecule has 0 saturated heterocycles. The van der Waals surface area contributed by atoms with Crippen molar-refractivity contribution in [2.75, 3.05) is 0 Å². The molecule has 0 aliphatic carbocycles. The molecule has 0 radical (unpaired) electrons. The predicted octanol–water partition coefficient (Wildman–Crippen LogP) is 1.57. The van der Waals surface area contributed by atoms with Crippen molar-refractivity contribution < 1.29 is 5.11 Å². The lowest BCUT2D eigenvalue weighted by Gasteiger charge is -2.11. The maximum atomic E-state index is 10.0. The highest BCUT2D eigenvalue weighted by Crippen LogP contribution is 2.16. The molecule has 2 heterocycles. The van der Waals surface area contributed by atoms with Crippen LogP contribution in [0.5, 0.6) is 0 Å². The third-order valence-electron chi connectivity index (χ3n) is 2.61. The average molecular weight is 217 g/mol. The van der Waals surface area contributed by atoms with Crippen LogP contribution in [0, 0.1) is 0 Å². The second kappa shape index (κ2) is 4.90. The molecule has 0 amide bonds. The lowest BCUT2D eigenvalue weighted by atomic mass is 10.1. The summed E-state index contributed by atoms with van der Waals surface area (Å²) in [4.78, 5) is 8.17. The molecule has 0 aliphatic rings. The van der Waals surface area contributed by atoms with E-state index in [2.05, 4.69) is 16.9 Å². The van der Waals surface area contributed by atoms with Crippen LogP contribution in [-0.4, -0.2) is 19.6 Å². The molecule has 2 aromatic heterocycles. The first kappa shape index (κ1) is 10.8. The SMILES string of the molecule is CCn1ccnc1CC(O)c1ccncc1. The minimum Gasteiger partial charge on any atom is -0.388 e. The molecule has 0 spiro atoms. The molecule has 0 aliphatic heterocycles. The van der Waals surface area contributed by atoms with Gasteiger partial charge in [-0.25, -0.2) is 4.98 Å². The molecular formula is C12H15N3O. The Labute approximate surface area is 94.6 Å². The maximum absolute atomic E-state index is 10.0. The zero-order valence-electron chi connectivity index (χ0n) is 9.24. The molecular weight excluding hydrogens is 202 g/mol. The summed E-state index contributed by atoms with van der Waals surface area (Å²) in [6.45, 7) is 2.93. The van der Waals surface area contributed by atoms with E-state index in [1.165, 1.54) is 0 Å². The Hall–Kier alpha value is -1.68. The van der Waals surface area contributed by atoms with Gasteiger partial charge in [-0.2, -0.15) is 0 Å². The van der Waals surface area contributed by atoms with E-state index in [9.17, 15) is 5.11 Å². The Morgan fingerprint density at radius 1 is 1.31 bits per heavy atom. The number of pyridine rings is 1. The summed E-state index contributed by atoms with van der Waals surface area (Å²) in [5.41, 5.74) is 0.876. The Morgan fingerprint density at radius 2 is 2.06 bits per heavy atom. The number of imidazole rings is 1. The fourth-order valence-corrected chi connectivity index (χ4v) is 1.69. The highest BCUT2D eigenvalue weighted by molar-refractivity contribution is 5.14. The van der Waals surface area contributed by atoms with Crippen LogP contribution in [0.1, 0.15) is 24.4 Å². The number of aromatic nitrogens is 3. The van der Waals surface area contributed by atoms with Crippen molar-refractivity contribution in [3.8, 4) is 0 Å². The van der Waals surface area contributed by atoms with Crippen LogP contribution in [0.3, 0.4) is 0 Å². The van der Waals surface area contributed by atoms with E-state index in [4.69, 9.17) is 0 Å². The minimum atomic E-state index is -0.518. The van der Waals surface area contributed by atoms with Crippen molar-refractivity contribution in [1.29, 1.82) is 0 Å². The van der Waals surface area contributed by atoms with Crippen LogP contribution in [0.15, 0.2) is 36.9 Å². The Balaban J connectivity index is 2.11. The molecule has 0 fully saturated rings. The van der Waals surface area contributed by atoms with Gasteiger partial charge in [-0.1, -0.05) is 0 Å². The van der Waals surface area contributed by atoms with Crippen LogP contribution < -0.4 is 0 Å². The zero-order chi connectivity index (χ0) is 11.4. The Kier molecular flexibility index (Phi) is 3.31. The summed E-state index contributed by atoms with van der Waals surface area (Å²) in [7, 11) is 0. The number of nitrogens with zero attached hydrogens (tertiary/aromatic N) is 3. The van der Waals surface area contributed by atoms with Gasteiger partial charge in [0.05, 0.1) is 6.10 Å². The summed E-state index contributed by atoms with van der Waals surface area (Å²) in [6, 6.07) is 3.65. The van der Waals surface area contributed by atoms with Crippen molar-refractivity contribution >= 4 is 0 Å². The Morgan fingerprint density at radius 3 is 2.75 bits per heavy atom. The first-order valence-electron chi connectivity index (χ1n) is 5.39.